The molecule has 1 aliphatic rings. The molecule has 128 valence electrons. The van der Waals surface area contributed by atoms with Gasteiger partial charge in [0.15, 0.2) is 12.3 Å². The summed E-state index contributed by atoms with van der Waals surface area (Å²) in [5.41, 5.74) is 0.422. The topological polar surface area (TPSA) is 118 Å². The Morgan fingerprint density at radius 2 is 2.08 bits per heavy atom. The fraction of sp³-hybridized carbons (Fsp3) is 0.375. The maximum absolute atomic E-state index is 11.8. The minimum absolute atomic E-state index is 0.0623. The van der Waals surface area contributed by atoms with Crippen LogP contribution in [0.25, 0.3) is 11.4 Å². The number of rotatable bonds is 9. The van der Waals surface area contributed by atoms with Crippen molar-refractivity contribution in [3.63, 3.8) is 0 Å². The van der Waals surface area contributed by atoms with Crippen molar-refractivity contribution in [2.45, 2.75) is 24.9 Å². The smallest absolute Gasteiger partial charge is 0.257 e. The molecule has 25 heavy (non-hydrogen) atoms. The maximum atomic E-state index is 11.8. The van der Waals surface area contributed by atoms with E-state index in [2.05, 4.69) is 42.1 Å². The molecule has 1 aromatic heterocycles. The van der Waals surface area contributed by atoms with Crippen LogP contribution in [0.4, 0.5) is 0 Å². The highest BCUT2D eigenvalue weighted by Gasteiger charge is 2.38. The summed E-state index contributed by atoms with van der Waals surface area (Å²) >= 11 is 0. The molecule has 1 aromatic carbocycles. The van der Waals surface area contributed by atoms with Crippen molar-refractivity contribution < 1.29 is 9.53 Å². The van der Waals surface area contributed by atoms with Crippen molar-refractivity contribution in [2.24, 2.45) is 10.2 Å². The van der Waals surface area contributed by atoms with Gasteiger partial charge in [-0.25, -0.2) is 0 Å². The molecule has 3 rings (SSSR count). The molecule has 0 aliphatic carbocycles. The van der Waals surface area contributed by atoms with Gasteiger partial charge in [-0.1, -0.05) is 0 Å². The third kappa shape index (κ3) is 4.60. The van der Waals surface area contributed by atoms with Crippen LogP contribution in [0.5, 0.6) is 5.75 Å². The summed E-state index contributed by atoms with van der Waals surface area (Å²) < 4.78 is 5.45. The van der Waals surface area contributed by atoms with E-state index in [-0.39, 0.29) is 18.2 Å². The van der Waals surface area contributed by atoms with Gasteiger partial charge in [0.25, 0.3) is 5.91 Å². The standard InChI is InChI=1S/C16H17N7O2/c1-2-3-8-16(20-21-16)9-10-17-14(24)11-25-13-6-4-12(5-7-13)15-18-22-23-19-15/h1,4-7H,3,8-11H2,(H,17,24)(H,18,19,22,23). The van der Waals surface area contributed by atoms with Gasteiger partial charge in [0.1, 0.15) is 5.75 Å². The van der Waals surface area contributed by atoms with Crippen LogP contribution in [-0.4, -0.2) is 45.3 Å². The molecule has 0 unspecified atom stereocenters. The van der Waals surface area contributed by atoms with Gasteiger partial charge in [-0.2, -0.15) is 15.4 Å². The summed E-state index contributed by atoms with van der Waals surface area (Å²) in [4.78, 5) is 11.8. The lowest BCUT2D eigenvalue weighted by Gasteiger charge is -2.10. The number of tetrazole rings is 1. The first-order chi connectivity index (χ1) is 12.2. The number of carbonyl (C=O) groups is 1. The molecule has 1 aliphatic heterocycles. The highest BCUT2D eigenvalue weighted by molar-refractivity contribution is 5.77. The summed E-state index contributed by atoms with van der Waals surface area (Å²) in [6.45, 7) is 0.420. The Morgan fingerprint density at radius 1 is 1.28 bits per heavy atom. The number of aromatic amines is 1. The predicted molar refractivity (Wildman–Crippen MR) is 88.4 cm³/mol. The minimum atomic E-state index is -0.383. The number of hydrogen-bond donors (Lipinski definition) is 2. The average Bonchev–Trinajstić information content (AvgIpc) is 3.18. The van der Waals surface area contributed by atoms with Crippen LogP contribution in [-0.2, 0) is 4.79 Å². The molecular formula is C16H17N7O2. The van der Waals surface area contributed by atoms with Gasteiger partial charge in [-0.05, 0) is 29.5 Å². The zero-order valence-electron chi connectivity index (χ0n) is 13.5. The average molecular weight is 339 g/mol. The Bertz CT molecular complexity index is 772. The Balaban J connectivity index is 1.37. The van der Waals surface area contributed by atoms with E-state index in [0.717, 1.165) is 12.0 Å². The molecule has 2 N–H and O–H groups in total. The molecule has 2 heterocycles. The second-order valence-electron chi connectivity index (χ2n) is 5.53. The van der Waals surface area contributed by atoms with E-state index in [1.807, 2.05) is 0 Å². The summed E-state index contributed by atoms with van der Waals surface area (Å²) in [6.07, 6.45) is 7.25. The Labute approximate surface area is 144 Å². The second-order valence-corrected chi connectivity index (χ2v) is 5.53. The van der Waals surface area contributed by atoms with Crippen molar-refractivity contribution in [2.75, 3.05) is 13.2 Å². The van der Waals surface area contributed by atoms with Crippen molar-refractivity contribution in [3.8, 4) is 29.5 Å². The molecule has 9 nitrogen and oxygen atoms in total. The third-order valence-corrected chi connectivity index (χ3v) is 3.73. The molecule has 1 amide bonds. The normalized spacial score (nSPS) is 13.9. The van der Waals surface area contributed by atoms with Gasteiger partial charge in [0.2, 0.25) is 5.82 Å². The second kappa shape index (κ2) is 7.53. The van der Waals surface area contributed by atoms with Crippen molar-refractivity contribution in [3.05, 3.63) is 24.3 Å². The van der Waals surface area contributed by atoms with Crippen LogP contribution in [0.2, 0.25) is 0 Å². The van der Waals surface area contributed by atoms with Crippen LogP contribution in [0, 0.1) is 12.3 Å². The van der Waals surface area contributed by atoms with Crippen LogP contribution in [0.3, 0.4) is 0 Å². The van der Waals surface area contributed by atoms with Crippen LogP contribution < -0.4 is 10.1 Å². The van der Waals surface area contributed by atoms with E-state index in [4.69, 9.17) is 11.2 Å². The summed E-state index contributed by atoms with van der Waals surface area (Å²) in [6, 6.07) is 7.08. The maximum Gasteiger partial charge on any atom is 0.257 e. The first kappa shape index (κ1) is 16.6. The zero-order chi connectivity index (χ0) is 17.5. The molecule has 2 aromatic rings. The quantitative estimate of drug-likeness (QED) is 0.668. The number of carbonyl (C=O) groups excluding carboxylic acids is 1. The largest absolute Gasteiger partial charge is 0.484 e. The van der Waals surface area contributed by atoms with Crippen molar-refractivity contribution >= 4 is 5.91 Å². The van der Waals surface area contributed by atoms with E-state index in [9.17, 15) is 4.79 Å². The van der Waals surface area contributed by atoms with E-state index in [1.165, 1.54) is 0 Å². The first-order valence-electron chi connectivity index (χ1n) is 7.82. The molecule has 0 bridgehead atoms. The summed E-state index contributed by atoms with van der Waals surface area (Å²) in [5.74, 6) is 3.46. The minimum Gasteiger partial charge on any atom is -0.484 e. The van der Waals surface area contributed by atoms with Gasteiger partial charge < -0.3 is 10.1 Å². The number of benzene rings is 1. The monoisotopic (exact) mass is 339 g/mol. The predicted octanol–water partition coefficient (Wildman–Crippen LogP) is 1.33. The van der Waals surface area contributed by atoms with Crippen molar-refractivity contribution in [1.29, 1.82) is 0 Å². The van der Waals surface area contributed by atoms with Crippen LogP contribution >= 0.6 is 0 Å². The van der Waals surface area contributed by atoms with E-state index in [1.54, 1.807) is 24.3 Å². The van der Waals surface area contributed by atoms with Gasteiger partial charge >= 0.3 is 0 Å². The zero-order valence-corrected chi connectivity index (χ0v) is 13.5. The molecule has 0 fully saturated rings. The SMILES string of the molecule is C#CCCC1(CCNC(=O)COc2ccc(-c3nn[nH]n3)cc2)N=N1. The fourth-order valence-corrected chi connectivity index (χ4v) is 2.25. The summed E-state index contributed by atoms with van der Waals surface area (Å²) in [7, 11) is 0. The number of ether oxygens (including phenoxy) is 1. The number of amides is 1. The van der Waals surface area contributed by atoms with Gasteiger partial charge in [0.05, 0.1) is 0 Å². The molecule has 9 heteroatoms. The highest BCUT2D eigenvalue weighted by Crippen LogP contribution is 2.35. The lowest BCUT2D eigenvalue weighted by molar-refractivity contribution is -0.123. The van der Waals surface area contributed by atoms with E-state index < -0.39 is 0 Å². The lowest BCUT2D eigenvalue weighted by atomic mass is 10.0. The van der Waals surface area contributed by atoms with E-state index >= 15 is 0 Å². The van der Waals surface area contributed by atoms with Crippen LogP contribution in [0.1, 0.15) is 19.3 Å². The van der Waals surface area contributed by atoms with E-state index in [0.29, 0.717) is 31.0 Å². The van der Waals surface area contributed by atoms with Gasteiger partial charge in [-0.15, -0.1) is 22.5 Å². The number of hydrogen-bond acceptors (Lipinski definition) is 7. The molecule has 0 radical (unpaired) electrons. The summed E-state index contributed by atoms with van der Waals surface area (Å²) in [5, 5.41) is 24.5. The number of nitrogens with one attached hydrogen (secondary N) is 2. The van der Waals surface area contributed by atoms with Gasteiger partial charge in [0, 0.05) is 31.4 Å². The van der Waals surface area contributed by atoms with Gasteiger partial charge in [-0.3, -0.25) is 4.79 Å². The molecular weight excluding hydrogens is 322 g/mol. The number of terminal acetylenes is 1. The highest BCUT2D eigenvalue weighted by atomic mass is 16.5. The lowest BCUT2D eigenvalue weighted by Crippen LogP contribution is -2.32. The van der Waals surface area contributed by atoms with Crippen LogP contribution in [0.15, 0.2) is 34.5 Å². The Kier molecular flexibility index (Phi) is 4.99. The number of aromatic nitrogens is 4. The Hall–Kier alpha value is -3.28. The molecule has 0 atom stereocenters. The van der Waals surface area contributed by atoms with Crippen molar-refractivity contribution in [1.82, 2.24) is 25.9 Å². The Morgan fingerprint density at radius 3 is 2.72 bits per heavy atom. The molecule has 0 spiro atoms. The number of nitrogens with zero attached hydrogens (tertiary/aromatic N) is 5. The first-order valence-corrected chi connectivity index (χ1v) is 7.82. The molecule has 0 saturated heterocycles. The third-order valence-electron chi connectivity index (χ3n) is 3.73. The number of H-pyrrole nitrogens is 1. The molecule has 0 saturated carbocycles. The fourth-order valence-electron chi connectivity index (χ4n) is 2.25.